The van der Waals surface area contributed by atoms with E-state index in [1.54, 1.807) is 0 Å². The molecule has 17 heavy (non-hydrogen) atoms. The van der Waals surface area contributed by atoms with Gasteiger partial charge in [0.2, 0.25) is 0 Å². The Morgan fingerprint density at radius 2 is 1.65 bits per heavy atom. The highest BCUT2D eigenvalue weighted by Gasteiger charge is 2.01. The molecule has 0 atom stereocenters. The largest absolute Gasteiger partial charge is 0.150 e. The molecule has 82 valence electrons. The van der Waals surface area contributed by atoms with Crippen LogP contribution in [0.1, 0.15) is 5.56 Å². The van der Waals surface area contributed by atoms with Gasteiger partial charge in [0.15, 0.2) is 0 Å². The fourth-order valence-corrected chi connectivity index (χ4v) is 1.90. The Bertz CT molecular complexity index is 660. The number of aromatic nitrogens is 2. The molecule has 3 aromatic rings. The maximum atomic E-state index is 4.27. The first kappa shape index (κ1) is 9.97. The van der Waals surface area contributed by atoms with Crippen LogP contribution in [0.5, 0.6) is 0 Å². The fourth-order valence-electron chi connectivity index (χ4n) is 1.90. The molecule has 0 spiro atoms. The van der Waals surface area contributed by atoms with Crippen molar-refractivity contribution in [1.82, 2.24) is 10.2 Å². The van der Waals surface area contributed by atoms with Crippen LogP contribution in [0.25, 0.3) is 22.2 Å². The molecule has 1 heterocycles. The summed E-state index contributed by atoms with van der Waals surface area (Å²) in [5.74, 6) is 0. The number of hydrogen-bond donors (Lipinski definition) is 0. The van der Waals surface area contributed by atoms with E-state index in [1.807, 2.05) is 30.3 Å². The van der Waals surface area contributed by atoms with E-state index in [1.165, 1.54) is 5.56 Å². The Morgan fingerprint density at radius 1 is 0.824 bits per heavy atom. The van der Waals surface area contributed by atoms with Crippen molar-refractivity contribution in [3.8, 4) is 11.3 Å². The second kappa shape index (κ2) is 3.98. The molecule has 0 fully saturated rings. The Morgan fingerprint density at radius 3 is 2.47 bits per heavy atom. The van der Waals surface area contributed by atoms with E-state index < -0.39 is 0 Å². The van der Waals surface area contributed by atoms with Crippen molar-refractivity contribution >= 4 is 10.9 Å². The van der Waals surface area contributed by atoms with Crippen molar-refractivity contribution < 1.29 is 0 Å². The molecule has 0 aliphatic rings. The Balaban J connectivity index is 2.17. The average molecular weight is 220 g/mol. The Kier molecular flexibility index (Phi) is 2.33. The van der Waals surface area contributed by atoms with Gasteiger partial charge in [-0.1, -0.05) is 42.5 Å². The minimum absolute atomic E-state index is 0.918. The predicted molar refractivity (Wildman–Crippen MR) is 69.7 cm³/mol. The van der Waals surface area contributed by atoms with E-state index in [0.717, 1.165) is 22.2 Å². The third kappa shape index (κ3) is 1.89. The van der Waals surface area contributed by atoms with E-state index >= 15 is 0 Å². The molecule has 0 unspecified atom stereocenters. The highest BCUT2D eigenvalue weighted by molar-refractivity contribution is 5.82. The molecule has 1 aromatic heterocycles. The molecule has 2 aromatic carbocycles. The number of nitrogens with zero attached hydrogens (tertiary/aromatic N) is 2. The summed E-state index contributed by atoms with van der Waals surface area (Å²) in [5, 5.41) is 9.67. The van der Waals surface area contributed by atoms with Crippen LogP contribution in [0.4, 0.5) is 0 Å². The zero-order chi connectivity index (χ0) is 11.7. The molecular weight excluding hydrogens is 208 g/mol. The second-order valence-corrected chi connectivity index (χ2v) is 4.16. The molecule has 0 saturated carbocycles. The van der Waals surface area contributed by atoms with Gasteiger partial charge < -0.3 is 0 Å². The molecule has 3 rings (SSSR count). The van der Waals surface area contributed by atoms with Crippen molar-refractivity contribution in [3.63, 3.8) is 0 Å². The predicted octanol–water partition coefficient (Wildman–Crippen LogP) is 3.61. The SMILES string of the molecule is Cc1ccc2cc(-c3ccccc3)nnc2c1. The molecule has 2 heteroatoms. The molecule has 0 radical (unpaired) electrons. The van der Waals surface area contributed by atoms with Crippen molar-refractivity contribution in [2.24, 2.45) is 0 Å². The van der Waals surface area contributed by atoms with Gasteiger partial charge in [-0.2, -0.15) is 0 Å². The van der Waals surface area contributed by atoms with Crippen LogP contribution in [-0.2, 0) is 0 Å². The van der Waals surface area contributed by atoms with Gasteiger partial charge >= 0.3 is 0 Å². The van der Waals surface area contributed by atoms with Gasteiger partial charge in [0, 0.05) is 10.9 Å². The minimum Gasteiger partial charge on any atom is -0.150 e. The summed E-state index contributed by atoms with van der Waals surface area (Å²) in [6.07, 6.45) is 0. The summed E-state index contributed by atoms with van der Waals surface area (Å²) in [5.41, 5.74) is 4.17. The van der Waals surface area contributed by atoms with E-state index in [4.69, 9.17) is 0 Å². The lowest BCUT2D eigenvalue weighted by Gasteiger charge is -2.02. The first-order chi connectivity index (χ1) is 8.33. The molecule has 0 saturated heterocycles. The first-order valence-electron chi connectivity index (χ1n) is 5.62. The van der Waals surface area contributed by atoms with E-state index in [9.17, 15) is 0 Å². The van der Waals surface area contributed by atoms with Gasteiger partial charge in [0.05, 0.1) is 11.2 Å². The summed E-state index contributed by atoms with van der Waals surface area (Å²) < 4.78 is 0. The molecule has 2 nitrogen and oxygen atoms in total. The van der Waals surface area contributed by atoms with Crippen molar-refractivity contribution in [2.75, 3.05) is 0 Å². The van der Waals surface area contributed by atoms with Gasteiger partial charge in [-0.3, -0.25) is 0 Å². The Hall–Kier alpha value is -2.22. The zero-order valence-electron chi connectivity index (χ0n) is 9.59. The van der Waals surface area contributed by atoms with Gasteiger partial charge in [0.25, 0.3) is 0 Å². The number of hydrogen-bond acceptors (Lipinski definition) is 2. The smallest absolute Gasteiger partial charge is 0.0936 e. The number of rotatable bonds is 1. The quantitative estimate of drug-likeness (QED) is 0.626. The summed E-state index contributed by atoms with van der Waals surface area (Å²) in [7, 11) is 0. The van der Waals surface area contributed by atoms with Crippen molar-refractivity contribution in [3.05, 3.63) is 60.2 Å². The van der Waals surface area contributed by atoms with Crippen LogP contribution in [0.2, 0.25) is 0 Å². The summed E-state index contributed by atoms with van der Waals surface area (Å²) in [6, 6.07) is 18.4. The van der Waals surface area contributed by atoms with Crippen LogP contribution < -0.4 is 0 Å². The molecule has 0 amide bonds. The molecule has 0 N–H and O–H groups in total. The molecule has 0 aliphatic carbocycles. The number of fused-ring (bicyclic) bond motifs is 1. The monoisotopic (exact) mass is 220 g/mol. The van der Waals surface area contributed by atoms with Crippen LogP contribution in [0.3, 0.4) is 0 Å². The highest BCUT2D eigenvalue weighted by atomic mass is 15.1. The standard InChI is InChI=1S/C15H12N2/c1-11-7-8-13-10-15(17-16-14(13)9-11)12-5-3-2-4-6-12/h2-10H,1H3. The second-order valence-electron chi connectivity index (χ2n) is 4.16. The van der Waals surface area contributed by atoms with Crippen LogP contribution in [-0.4, -0.2) is 10.2 Å². The third-order valence-corrected chi connectivity index (χ3v) is 2.81. The topological polar surface area (TPSA) is 25.8 Å². The lowest BCUT2D eigenvalue weighted by atomic mass is 10.1. The van der Waals surface area contributed by atoms with E-state index in [-0.39, 0.29) is 0 Å². The minimum atomic E-state index is 0.918. The van der Waals surface area contributed by atoms with Gasteiger partial charge in [0.1, 0.15) is 0 Å². The van der Waals surface area contributed by atoms with Crippen LogP contribution >= 0.6 is 0 Å². The van der Waals surface area contributed by atoms with E-state index in [0.29, 0.717) is 0 Å². The lowest BCUT2D eigenvalue weighted by Crippen LogP contribution is -1.89. The zero-order valence-corrected chi connectivity index (χ0v) is 9.59. The first-order valence-corrected chi connectivity index (χ1v) is 5.62. The maximum absolute atomic E-state index is 4.27. The molecule has 0 bridgehead atoms. The number of aryl methyl sites for hydroxylation is 1. The fraction of sp³-hybridized carbons (Fsp3) is 0.0667. The normalized spacial score (nSPS) is 10.6. The van der Waals surface area contributed by atoms with Gasteiger partial charge in [-0.25, -0.2) is 0 Å². The lowest BCUT2D eigenvalue weighted by molar-refractivity contribution is 1.08. The van der Waals surface area contributed by atoms with Crippen LogP contribution in [0.15, 0.2) is 54.6 Å². The summed E-state index contributed by atoms with van der Waals surface area (Å²) >= 11 is 0. The summed E-state index contributed by atoms with van der Waals surface area (Å²) in [4.78, 5) is 0. The molecular formula is C15H12N2. The highest BCUT2D eigenvalue weighted by Crippen LogP contribution is 2.20. The van der Waals surface area contributed by atoms with Crippen molar-refractivity contribution in [1.29, 1.82) is 0 Å². The van der Waals surface area contributed by atoms with E-state index in [2.05, 4.69) is 41.4 Å². The average Bonchev–Trinajstić information content (AvgIpc) is 2.39. The molecule has 0 aliphatic heterocycles. The maximum Gasteiger partial charge on any atom is 0.0936 e. The third-order valence-electron chi connectivity index (χ3n) is 2.81. The Labute approximate surface area is 99.9 Å². The summed E-state index contributed by atoms with van der Waals surface area (Å²) in [6.45, 7) is 2.06. The van der Waals surface area contributed by atoms with Crippen molar-refractivity contribution in [2.45, 2.75) is 6.92 Å². The van der Waals surface area contributed by atoms with Gasteiger partial charge in [-0.05, 0) is 24.6 Å². The number of benzene rings is 2. The van der Waals surface area contributed by atoms with Gasteiger partial charge in [-0.15, -0.1) is 10.2 Å². The van der Waals surface area contributed by atoms with Crippen LogP contribution in [0, 0.1) is 6.92 Å².